The van der Waals surface area contributed by atoms with Gasteiger partial charge >= 0.3 is 12.1 Å². The molecule has 0 aliphatic rings. The lowest BCUT2D eigenvalue weighted by Crippen LogP contribution is -2.11. The highest BCUT2D eigenvalue weighted by atomic mass is 16.7. The Bertz CT molecular complexity index is 555. The summed E-state index contributed by atoms with van der Waals surface area (Å²) in [7, 11) is 0. The number of phenols is 1. The van der Waals surface area contributed by atoms with Gasteiger partial charge in [-0.25, -0.2) is 9.59 Å². The van der Waals surface area contributed by atoms with Crippen molar-refractivity contribution in [2.45, 2.75) is 71.1 Å². The molecule has 0 saturated heterocycles. The molecule has 0 saturated carbocycles. The average molecular weight is 366 g/mol. The quantitative estimate of drug-likeness (QED) is 0.271. The molecular weight excluding hydrogens is 336 g/mol. The number of aromatic hydroxyl groups is 1. The zero-order valence-corrected chi connectivity index (χ0v) is 15.5. The minimum Gasteiger partial charge on any atom is -0.507 e. The Kier molecular flexibility index (Phi) is 10.9. The molecule has 0 aliphatic heterocycles. The Balaban J connectivity index is 2.07. The molecule has 2 N–H and O–H groups in total. The summed E-state index contributed by atoms with van der Waals surface area (Å²) in [5, 5.41) is 18.4. The van der Waals surface area contributed by atoms with Crippen LogP contribution in [0.25, 0.3) is 0 Å². The molecular formula is C20H30O6. The number of ether oxygens (including phenoxy) is 2. The van der Waals surface area contributed by atoms with E-state index >= 15 is 0 Å². The van der Waals surface area contributed by atoms with E-state index in [1.165, 1.54) is 57.1 Å². The molecule has 26 heavy (non-hydrogen) atoms. The number of carboxylic acid groups (broad SMARTS) is 1. The highest BCUT2D eigenvalue weighted by Crippen LogP contribution is 2.23. The van der Waals surface area contributed by atoms with Crippen LogP contribution in [0.4, 0.5) is 4.79 Å². The van der Waals surface area contributed by atoms with Gasteiger partial charge < -0.3 is 19.7 Å². The molecule has 0 heterocycles. The molecule has 1 rings (SSSR count). The summed E-state index contributed by atoms with van der Waals surface area (Å²) in [6.07, 6.45) is 11.1. The van der Waals surface area contributed by atoms with Crippen molar-refractivity contribution in [3.63, 3.8) is 0 Å². The van der Waals surface area contributed by atoms with Crippen molar-refractivity contribution in [2.24, 2.45) is 0 Å². The Morgan fingerprint density at radius 3 is 2.04 bits per heavy atom. The van der Waals surface area contributed by atoms with Crippen molar-refractivity contribution < 1.29 is 29.3 Å². The largest absolute Gasteiger partial charge is 0.513 e. The van der Waals surface area contributed by atoms with Crippen LogP contribution in [0.2, 0.25) is 0 Å². The molecule has 146 valence electrons. The van der Waals surface area contributed by atoms with E-state index in [1.807, 2.05) is 0 Å². The van der Waals surface area contributed by atoms with Crippen molar-refractivity contribution in [3.05, 3.63) is 23.8 Å². The maximum Gasteiger partial charge on any atom is 0.513 e. The van der Waals surface area contributed by atoms with Crippen molar-refractivity contribution in [1.29, 1.82) is 0 Å². The van der Waals surface area contributed by atoms with Crippen LogP contribution in [-0.2, 0) is 4.74 Å². The molecule has 6 heteroatoms. The van der Waals surface area contributed by atoms with E-state index in [2.05, 4.69) is 6.92 Å². The summed E-state index contributed by atoms with van der Waals surface area (Å²) >= 11 is 0. The van der Waals surface area contributed by atoms with Crippen LogP contribution >= 0.6 is 0 Å². The molecule has 0 spiro atoms. The number of aromatic carboxylic acids is 1. The minimum atomic E-state index is -1.25. The van der Waals surface area contributed by atoms with Gasteiger partial charge in [0.2, 0.25) is 0 Å². The van der Waals surface area contributed by atoms with Gasteiger partial charge in [-0.15, -0.1) is 0 Å². The third kappa shape index (κ3) is 9.30. The molecule has 0 atom stereocenters. The lowest BCUT2D eigenvalue weighted by molar-refractivity contribution is 0.0693. The summed E-state index contributed by atoms with van der Waals surface area (Å²) < 4.78 is 9.88. The van der Waals surface area contributed by atoms with E-state index in [-0.39, 0.29) is 17.9 Å². The Hall–Kier alpha value is -2.24. The normalized spacial score (nSPS) is 10.5. The summed E-state index contributed by atoms with van der Waals surface area (Å²) in [5.74, 6) is -1.67. The first-order valence-corrected chi connectivity index (χ1v) is 9.45. The SMILES string of the molecule is CCCCCCCCCCCCOC(=O)Oc1ccc(C(=O)O)c(O)c1. The second-order valence-electron chi connectivity index (χ2n) is 6.37. The van der Waals surface area contributed by atoms with Crippen LogP contribution in [0.1, 0.15) is 81.5 Å². The number of carbonyl (C=O) groups is 2. The smallest absolute Gasteiger partial charge is 0.507 e. The third-order valence-electron chi connectivity index (χ3n) is 4.12. The summed E-state index contributed by atoms with van der Waals surface area (Å²) in [6.45, 7) is 2.51. The fraction of sp³-hybridized carbons (Fsp3) is 0.600. The molecule has 0 aromatic heterocycles. The number of rotatable bonds is 13. The number of carbonyl (C=O) groups excluding carboxylic acids is 1. The van der Waals surface area contributed by atoms with Gasteiger partial charge in [0.05, 0.1) is 6.61 Å². The van der Waals surface area contributed by atoms with Crippen LogP contribution < -0.4 is 4.74 Å². The standard InChI is InChI=1S/C20H30O6/c1-2-3-4-5-6-7-8-9-10-11-14-25-20(24)26-16-12-13-17(19(22)23)18(21)15-16/h12-13,15,21H,2-11,14H2,1H3,(H,22,23). The van der Waals surface area contributed by atoms with Gasteiger partial charge in [-0.2, -0.15) is 0 Å². The van der Waals surface area contributed by atoms with E-state index in [1.54, 1.807) is 0 Å². The molecule has 1 aromatic carbocycles. The number of benzene rings is 1. The molecule has 0 aliphatic carbocycles. The maximum atomic E-state index is 11.6. The summed E-state index contributed by atoms with van der Waals surface area (Å²) in [4.78, 5) is 22.4. The van der Waals surface area contributed by atoms with Crippen molar-refractivity contribution in [3.8, 4) is 11.5 Å². The van der Waals surface area contributed by atoms with E-state index in [4.69, 9.17) is 14.6 Å². The van der Waals surface area contributed by atoms with Crippen LogP contribution in [-0.4, -0.2) is 28.9 Å². The second-order valence-corrected chi connectivity index (χ2v) is 6.37. The molecule has 0 radical (unpaired) electrons. The number of hydrogen-bond donors (Lipinski definition) is 2. The van der Waals surface area contributed by atoms with Crippen molar-refractivity contribution >= 4 is 12.1 Å². The highest BCUT2D eigenvalue weighted by molar-refractivity contribution is 5.91. The van der Waals surface area contributed by atoms with Gasteiger partial charge in [-0.05, 0) is 18.6 Å². The van der Waals surface area contributed by atoms with Gasteiger partial charge in [0.15, 0.2) is 0 Å². The highest BCUT2D eigenvalue weighted by Gasteiger charge is 2.12. The number of unbranched alkanes of at least 4 members (excludes halogenated alkanes) is 9. The Morgan fingerprint density at radius 2 is 1.50 bits per heavy atom. The van der Waals surface area contributed by atoms with E-state index in [0.717, 1.165) is 25.3 Å². The predicted octanol–water partition coefficient (Wildman–Crippen LogP) is 5.53. The van der Waals surface area contributed by atoms with Gasteiger partial charge in [0.1, 0.15) is 17.1 Å². The Morgan fingerprint density at radius 1 is 0.923 bits per heavy atom. The van der Waals surface area contributed by atoms with Crippen molar-refractivity contribution in [2.75, 3.05) is 6.61 Å². The fourth-order valence-corrected chi connectivity index (χ4v) is 2.63. The lowest BCUT2D eigenvalue weighted by atomic mass is 10.1. The average Bonchev–Trinajstić information content (AvgIpc) is 2.59. The monoisotopic (exact) mass is 366 g/mol. The summed E-state index contributed by atoms with van der Waals surface area (Å²) in [6, 6.07) is 3.54. The summed E-state index contributed by atoms with van der Waals surface area (Å²) in [5.41, 5.74) is -0.254. The molecule has 0 bridgehead atoms. The second kappa shape index (κ2) is 13.0. The number of carboxylic acids is 1. The van der Waals surface area contributed by atoms with Crippen molar-refractivity contribution in [1.82, 2.24) is 0 Å². The Labute approximate surface area is 155 Å². The zero-order chi connectivity index (χ0) is 19.2. The van der Waals surface area contributed by atoms with Gasteiger partial charge in [0, 0.05) is 6.07 Å². The maximum absolute atomic E-state index is 11.6. The first-order valence-electron chi connectivity index (χ1n) is 9.45. The minimum absolute atomic E-state index is 0.0422. The topological polar surface area (TPSA) is 93.1 Å². The van der Waals surface area contributed by atoms with E-state index < -0.39 is 17.9 Å². The molecule has 0 fully saturated rings. The predicted molar refractivity (Wildman–Crippen MR) is 98.9 cm³/mol. The fourth-order valence-electron chi connectivity index (χ4n) is 2.63. The number of hydrogen-bond acceptors (Lipinski definition) is 5. The molecule has 6 nitrogen and oxygen atoms in total. The molecule has 0 unspecified atom stereocenters. The van der Waals surface area contributed by atoms with Crippen LogP contribution in [0.5, 0.6) is 11.5 Å². The first kappa shape index (κ1) is 21.8. The van der Waals surface area contributed by atoms with Crippen LogP contribution in [0.3, 0.4) is 0 Å². The van der Waals surface area contributed by atoms with Crippen LogP contribution in [0.15, 0.2) is 18.2 Å². The zero-order valence-electron chi connectivity index (χ0n) is 15.5. The van der Waals surface area contributed by atoms with Crippen LogP contribution in [0, 0.1) is 0 Å². The van der Waals surface area contributed by atoms with Gasteiger partial charge in [0.25, 0.3) is 0 Å². The first-order chi connectivity index (χ1) is 12.5. The van der Waals surface area contributed by atoms with Gasteiger partial charge in [-0.1, -0.05) is 64.7 Å². The molecule has 1 aromatic rings. The lowest BCUT2D eigenvalue weighted by Gasteiger charge is -2.07. The third-order valence-corrected chi connectivity index (χ3v) is 4.12. The van der Waals surface area contributed by atoms with E-state index in [0.29, 0.717) is 0 Å². The van der Waals surface area contributed by atoms with Gasteiger partial charge in [-0.3, -0.25) is 0 Å². The molecule has 0 amide bonds. The van der Waals surface area contributed by atoms with E-state index in [9.17, 15) is 14.7 Å².